The second kappa shape index (κ2) is 8.74. The summed E-state index contributed by atoms with van der Waals surface area (Å²) in [5.74, 6) is -0.216. The van der Waals surface area contributed by atoms with Crippen LogP contribution in [0.4, 0.5) is 11.4 Å². The number of rotatable bonds is 5. The maximum Gasteiger partial charge on any atom is 0.255 e. The Kier molecular flexibility index (Phi) is 5.26. The summed E-state index contributed by atoms with van der Waals surface area (Å²) in [4.78, 5) is 28.5. The first-order valence-corrected chi connectivity index (χ1v) is 11.8. The highest BCUT2D eigenvalue weighted by atomic mass is 16.2. The van der Waals surface area contributed by atoms with Crippen LogP contribution in [0.5, 0.6) is 0 Å². The lowest BCUT2D eigenvalue weighted by Crippen LogP contribution is -2.13. The highest BCUT2D eigenvalue weighted by Gasteiger charge is 2.13. The van der Waals surface area contributed by atoms with Crippen LogP contribution in [-0.2, 0) is 11.8 Å². The van der Waals surface area contributed by atoms with Crippen molar-refractivity contribution in [3.05, 3.63) is 108 Å². The molecule has 2 amide bonds. The molecule has 6 nitrogen and oxygen atoms in total. The van der Waals surface area contributed by atoms with Gasteiger partial charge in [-0.05, 0) is 60.5 Å². The number of anilines is 2. The van der Waals surface area contributed by atoms with Gasteiger partial charge in [-0.1, -0.05) is 36.4 Å². The fraction of sp³-hybridized carbons (Fsp3) is 0.0667. The van der Waals surface area contributed by atoms with Gasteiger partial charge in [0.2, 0.25) is 0 Å². The molecule has 2 aromatic heterocycles. The Labute approximate surface area is 207 Å². The van der Waals surface area contributed by atoms with E-state index in [0.29, 0.717) is 12.0 Å². The van der Waals surface area contributed by atoms with Crippen molar-refractivity contribution in [3.63, 3.8) is 0 Å². The SMILES string of the molecule is Cn1ccc2cc(C(=O)Nc3ccc(-c4c[nH]c5cc(NC(=O)C6=CC=CC6)ccc45)cc3)ccc21. The summed E-state index contributed by atoms with van der Waals surface area (Å²) in [6.45, 7) is 0. The number of nitrogens with one attached hydrogen (secondary N) is 3. The minimum absolute atomic E-state index is 0.0764. The van der Waals surface area contributed by atoms with E-state index >= 15 is 0 Å². The van der Waals surface area contributed by atoms with Gasteiger partial charge < -0.3 is 20.2 Å². The lowest BCUT2D eigenvalue weighted by Gasteiger charge is -2.08. The molecule has 6 heteroatoms. The summed E-state index contributed by atoms with van der Waals surface area (Å²) in [5, 5.41) is 8.05. The minimum atomic E-state index is -0.140. The van der Waals surface area contributed by atoms with Gasteiger partial charge >= 0.3 is 0 Å². The lowest BCUT2D eigenvalue weighted by molar-refractivity contribution is -0.112. The lowest BCUT2D eigenvalue weighted by atomic mass is 10.0. The second-order valence-corrected chi connectivity index (χ2v) is 8.97. The van der Waals surface area contributed by atoms with Gasteiger partial charge in [0.25, 0.3) is 11.8 Å². The number of allylic oxidation sites excluding steroid dienone is 3. The Hall–Kier alpha value is -4.84. The van der Waals surface area contributed by atoms with Gasteiger partial charge in [0.1, 0.15) is 0 Å². The summed E-state index contributed by atoms with van der Waals surface area (Å²) < 4.78 is 2.03. The average Bonchev–Trinajstić information content (AvgIpc) is 3.65. The highest BCUT2D eigenvalue weighted by Crippen LogP contribution is 2.31. The highest BCUT2D eigenvalue weighted by molar-refractivity contribution is 6.07. The van der Waals surface area contributed by atoms with Crippen LogP contribution < -0.4 is 10.6 Å². The van der Waals surface area contributed by atoms with Crippen LogP contribution in [0.2, 0.25) is 0 Å². The van der Waals surface area contributed by atoms with E-state index in [0.717, 1.165) is 49.9 Å². The first-order valence-electron chi connectivity index (χ1n) is 11.8. The molecule has 6 rings (SSSR count). The number of carbonyl (C=O) groups excluding carboxylic acids is 2. The van der Waals surface area contributed by atoms with E-state index in [9.17, 15) is 9.59 Å². The van der Waals surface area contributed by atoms with E-state index in [-0.39, 0.29) is 11.8 Å². The van der Waals surface area contributed by atoms with E-state index in [2.05, 4.69) is 15.6 Å². The quantitative estimate of drug-likeness (QED) is 0.277. The molecule has 0 aliphatic heterocycles. The summed E-state index contributed by atoms with van der Waals surface area (Å²) in [5.41, 5.74) is 6.98. The van der Waals surface area contributed by atoms with Crippen LogP contribution in [0.1, 0.15) is 16.8 Å². The Morgan fingerprint density at radius 1 is 0.889 bits per heavy atom. The van der Waals surface area contributed by atoms with Gasteiger partial charge in [0.15, 0.2) is 0 Å². The smallest absolute Gasteiger partial charge is 0.255 e. The number of benzene rings is 3. The molecule has 0 unspecified atom stereocenters. The molecule has 0 bridgehead atoms. The Morgan fingerprint density at radius 3 is 2.50 bits per heavy atom. The summed E-state index contributed by atoms with van der Waals surface area (Å²) in [6, 6.07) is 21.4. The molecule has 3 N–H and O–H groups in total. The fourth-order valence-corrected chi connectivity index (χ4v) is 4.63. The number of hydrogen-bond donors (Lipinski definition) is 3. The third-order valence-corrected chi connectivity index (χ3v) is 6.60. The van der Waals surface area contributed by atoms with Crippen LogP contribution in [0, 0.1) is 0 Å². The molecular weight excluding hydrogens is 448 g/mol. The number of hydrogen-bond acceptors (Lipinski definition) is 2. The van der Waals surface area contributed by atoms with Crippen molar-refractivity contribution in [2.75, 3.05) is 10.6 Å². The van der Waals surface area contributed by atoms with Gasteiger partial charge in [-0.15, -0.1) is 0 Å². The molecule has 1 aliphatic carbocycles. The van der Waals surface area contributed by atoms with Crippen molar-refractivity contribution in [3.8, 4) is 11.1 Å². The van der Waals surface area contributed by atoms with Gasteiger partial charge in [-0.25, -0.2) is 0 Å². The van der Waals surface area contributed by atoms with E-state index in [1.165, 1.54) is 0 Å². The molecule has 0 fully saturated rings. The van der Waals surface area contributed by atoms with Crippen molar-refractivity contribution in [1.82, 2.24) is 9.55 Å². The van der Waals surface area contributed by atoms with Gasteiger partial charge in [-0.2, -0.15) is 0 Å². The van der Waals surface area contributed by atoms with E-state index in [4.69, 9.17) is 0 Å². The zero-order valence-electron chi connectivity index (χ0n) is 19.7. The molecule has 36 heavy (non-hydrogen) atoms. The van der Waals surface area contributed by atoms with Crippen molar-refractivity contribution >= 4 is 45.0 Å². The molecule has 5 aromatic rings. The molecule has 0 spiro atoms. The van der Waals surface area contributed by atoms with Crippen molar-refractivity contribution in [2.24, 2.45) is 7.05 Å². The van der Waals surface area contributed by atoms with Crippen LogP contribution in [0.3, 0.4) is 0 Å². The minimum Gasteiger partial charge on any atom is -0.360 e. The number of aromatic nitrogens is 2. The van der Waals surface area contributed by atoms with Gasteiger partial charge in [0, 0.05) is 69.3 Å². The molecule has 2 heterocycles. The second-order valence-electron chi connectivity index (χ2n) is 8.97. The number of nitrogens with zero attached hydrogens (tertiary/aromatic N) is 1. The maximum absolute atomic E-state index is 12.8. The average molecular weight is 473 g/mol. The van der Waals surface area contributed by atoms with Crippen molar-refractivity contribution in [1.29, 1.82) is 0 Å². The van der Waals surface area contributed by atoms with Crippen LogP contribution >= 0.6 is 0 Å². The molecule has 1 aliphatic rings. The molecule has 176 valence electrons. The van der Waals surface area contributed by atoms with Crippen LogP contribution in [-0.4, -0.2) is 21.4 Å². The van der Waals surface area contributed by atoms with E-state index < -0.39 is 0 Å². The molecule has 3 aromatic carbocycles. The predicted molar refractivity (Wildman–Crippen MR) is 145 cm³/mol. The Balaban J connectivity index is 1.17. The number of fused-ring (bicyclic) bond motifs is 2. The number of carbonyl (C=O) groups is 2. The summed E-state index contributed by atoms with van der Waals surface area (Å²) in [6.07, 6.45) is 10.3. The number of amides is 2. The third kappa shape index (κ3) is 3.99. The number of H-pyrrole nitrogens is 1. The normalized spacial score (nSPS) is 12.8. The largest absolute Gasteiger partial charge is 0.360 e. The van der Waals surface area contributed by atoms with Gasteiger partial charge in [-0.3, -0.25) is 9.59 Å². The fourth-order valence-electron chi connectivity index (χ4n) is 4.63. The number of aromatic amines is 1. The summed E-state index contributed by atoms with van der Waals surface area (Å²) in [7, 11) is 1.99. The Morgan fingerprint density at radius 2 is 1.69 bits per heavy atom. The van der Waals surface area contributed by atoms with Crippen molar-refractivity contribution in [2.45, 2.75) is 6.42 Å². The zero-order valence-corrected chi connectivity index (χ0v) is 19.7. The third-order valence-electron chi connectivity index (χ3n) is 6.60. The summed E-state index contributed by atoms with van der Waals surface area (Å²) >= 11 is 0. The number of aryl methyl sites for hydroxylation is 1. The standard InChI is InChI=1S/C30H24N4O2/c1-34-15-14-21-16-22(8-13-28(21)34)30(36)32-23-9-6-19(7-10-23)26-18-31-27-17-24(11-12-25(26)27)33-29(35)20-4-2-3-5-20/h2-4,6-18,31H,5H2,1H3,(H,32,36)(H,33,35). The van der Waals surface area contributed by atoms with Gasteiger partial charge in [0.05, 0.1) is 0 Å². The topological polar surface area (TPSA) is 78.9 Å². The van der Waals surface area contributed by atoms with E-state index in [1.54, 1.807) is 0 Å². The van der Waals surface area contributed by atoms with E-state index in [1.807, 2.05) is 109 Å². The first kappa shape index (κ1) is 21.7. The van der Waals surface area contributed by atoms with Crippen LogP contribution in [0.15, 0.2) is 103 Å². The molecule has 0 saturated heterocycles. The van der Waals surface area contributed by atoms with Crippen LogP contribution in [0.25, 0.3) is 32.9 Å². The molecular formula is C30H24N4O2. The zero-order chi connectivity index (χ0) is 24.6. The monoisotopic (exact) mass is 472 g/mol. The van der Waals surface area contributed by atoms with Crippen molar-refractivity contribution < 1.29 is 9.59 Å². The maximum atomic E-state index is 12.8. The Bertz CT molecular complexity index is 1700. The molecule has 0 atom stereocenters. The predicted octanol–water partition coefficient (Wildman–Crippen LogP) is 6.40. The first-order chi connectivity index (χ1) is 17.5. The molecule has 0 saturated carbocycles. The molecule has 0 radical (unpaired) electrons.